The molecule has 118 valence electrons. The molecule has 0 aliphatic heterocycles. The Morgan fingerprint density at radius 1 is 1.30 bits per heavy atom. The molecule has 0 atom stereocenters. The minimum absolute atomic E-state index is 0.0324. The summed E-state index contributed by atoms with van der Waals surface area (Å²) in [4.78, 5) is 18.3. The lowest BCUT2D eigenvalue weighted by atomic mass is 10.2. The normalized spacial score (nSPS) is 10.7. The Morgan fingerprint density at radius 3 is 3.00 bits per heavy atom. The first-order chi connectivity index (χ1) is 11.1. The van der Waals surface area contributed by atoms with Gasteiger partial charge in [0.1, 0.15) is 12.4 Å². The van der Waals surface area contributed by atoms with Crippen LogP contribution in [0.1, 0.15) is 10.4 Å². The highest BCUT2D eigenvalue weighted by Crippen LogP contribution is 2.20. The number of ether oxygens (including phenoxy) is 1. The number of halogens is 1. The first-order valence-corrected chi connectivity index (χ1v) is 8.36. The second-order valence-corrected chi connectivity index (χ2v) is 6.39. The Morgan fingerprint density at radius 2 is 2.17 bits per heavy atom. The average molecular weight is 347 g/mol. The standard InChI is InChI=1S/C17H15ClN2O2S/c1-20(7-8-22-14-4-2-3-13(18)10-14)17(21)12-5-6-15-16(9-12)23-11-19-15/h2-6,9-11H,7-8H2,1H3. The molecule has 1 aromatic heterocycles. The van der Waals surface area contributed by atoms with Gasteiger partial charge in [-0.2, -0.15) is 0 Å². The number of carbonyl (C=O) groups is 1. The first kappa shape index (κ1) is 15.8. The van der Waals surface area contributed by atoms with Crippen LogP contribution in [0.3, 0.4) is 0 Å². The summed E-state index contributed by atoms with van der Waals surface area (Å²) in [6.45, 7) is 0.900. The summed E-state index contributed by atoms with van der Waals surface area (Å²) in [6.07, 6.45) is 0. The number of benzene rings is 2. The number of thiazole rings is 1. The van der Waals surface area contributed by atoms with Gasteiger partial charge in [0.25, 0.3) is 5.91 Å². The Hall–Kier alpha value is -2.11. The summed E-state index contributed by atoms with van der Waals surface area (Å²) in [5.74, 6) is 0.666. The number of fused-ring (bicyclic) bond motifs is 1. The van der Waals surface area contributed by atoms with Crippen molar-refractivity contribution in [3.8, 4) is 5.75 Å². The number of aromatic nitrogens is 1. The van der Waals surface area contributed by atoms with E-state index in [2.05, 4.69) is 4.98 Å². The number of hydrogen-bond donors (Lipinski definition) is 0. The maximum atomic E-state index is 12.4. The molecule has 0 aliphatic carbocycles. The zero-order valence-electron chi connectivity index (χ0n) is 12.5. The van der Waals surface area contributed by atoms with Gasteiger partial charge < -0.3 is 9.64 Å². The number of rotatable bonds is 5. The number of likely N-dealkylation sites (N-methyl/N-ethyl adjacent to an activating group) is 1. The van der Waals surface area contributed by atoms with E-state index in [0.29, 0.717) is 29.5 Å². The lowest BCUT2D eigenvalue weighted by Gasteiger charge is -2.17. The third kappa shape index (κ3) is 3.81. The predicted octanol–water partition coefficient (Wildman–Crippen LogP) is 4.10. The smallest absolute Gasteiger partial charge is 0.253 e. The molecule has 1 heterocycles. The highest BCUT2D eigenvalue weighted by Gasteiger charge is 2.12. The molecule has 0 fully saturated rings. The summed E-state index contributed by atoms with van der Waals surface area (Å²) in [5, 5.41) is 0.629. The van der Waals surface area contributed by atoms with Crippen molar-refractivity contribution in [2.45, 2.75) is 0 Å². The van der Waals surface area contributed by atoms with E-state index in [0.717, 1.165) is 10.2 Å². The van der Waals surface area contributed by atoms with Gasteiger partial charge in [-0.05, 0) is 36.4 Å². The van der Waals surface area contributed by atoms with E-state index in [-0.39, 0.29) is 5.91 Å². The van der Waals surface area contributed by atoms with Gasteiger partial charge in [0.15, 0.2) is 0 Å². The maximum absolute atomic E-state index is 12.4. The van der Waals surface area contributed by atoms with Crippen molar-refractivity contribution in [3.05, 3.63) is 58.6 Å². The minimum atomic E-state index is -0.0324. The molecule has 2 aromatic carbocycles. The molecule has 1 amide bonds. The Bertz CT molecular complexity index is 834. The Kier molecular flexibility index (Phi) is 4.79. The monoisotopic (exact) mass is 346 g/mol. The van der Waals surface area contributed by atoms with Gasteiger partial charge in [-0.1, -0.05) is 17.7 Å². The molecule has 3 aromatic rings. The van der Waals surface area contributed by atoms with Crippen molar-refractivity contribution in [1.82, 2.24) is 9.88 Å². The second-order valence-electron chi connectivity index (χ2n) is 5.07. The van der Waals surface area contributed by atoms with Gasteiger partial charge in [0.2, 0.25) is 0 Å². The van der Waals surface area contributed by atoms with Crippen molar-refractivity contribution in [2.24, 2.45) is 0 Å². The quantitative estimate of drug-likeness (QED) is 0.698. The number of carbonyl (C=O) groups excluding carboxylic acids is 1. The molecule has 0 N–H and O–H groups in total. The van der Waals surface area contributed by atoms with Gasteiger partial charge in [0, 0.05) is 17.6 Å². The van der Waals surface area contributed by atoms with Gasteiger partial charge in [-0.25, -0.2) is 4.98 Å². The molecule has 3 rings (SSSR count). The minimum Gasteiger partial charge on any atom is -0.492 e. The first-order valence-electron chi connectivity index (χ1n) is 7.10. The molecule has 0 bridgehead atoms. The van der Waals surface area contributed by atoms with Crippen LogP contribution < -0.4 is 4.74 Å². The van der Waals surface area contributed by atoms with Crippen LogP contribution in [0.2, 0.25) is 5.02 Å². The zero-order chi connectivity index (χ0) is 16.2. The van der Waals surface area contributed by atoms with E-state index >= 15 is 0 Å². The number of hydrogen-bond acceptors (Lipinski definition) is 4. The Labute approximate surface area is 143 Å². The second kappa shape index (κ2) is 6.98. The predicted molar refractivity (Wildman–Crippen MR) is 93.5 cm³/mol. The van der Waals surface area contributed by atoms with Crippen LogP contribution in [0.25, 0.3) is 10.2 Å². The molecule has 0 unspecified atom stereocenters. The molecule has 23 heavy (non-hydrogen) atoms. The van der Waals surface area contributed by atoms with Crippen LogP contribution in [0.4, 0.5) is 0 Å². The van der Waals surface area contributed by atoms with Crippen molar-refractivity contribution >= 4 is 39.1 Å². The largest absolute Gasteiger partial charge is 0.492 e. The molecule has 0 radical (unpaired) electrons. The Balaban J connectivity index is 1.58. The van der Waals surface area contributed by atoms with E-state index in [1.807, 2.05) is 24.3 Å². The molecular weight excluding hydrogens is 332 g/mol. The summed E-state index contributed by atoms with van der Waals surface area (Å²) in [5.41, 5.74) is 3.35. The van der Waals surface area contributed by atoms with Gasteiger partial charge in [0.05, 0.1) is 22.3 Å². The van der Waals surface area contributed by atoms with Crippen LogP contribution in [0.15, 0.2) is 48.0 Å². The van der Waals surface area contributed by atoms with E-state index in [1.54, 1.807) is 35.7 Å². The fraction of sp³-hybridized carbons (Fsp3) is 0.176. The highest BCUT2D eigenvalue weighted by atomic mass is 35.5. The summed E-state index contributed by atoms with van der Waals surface area (Å²) in [6, 6.07) is 12.8. The SMILES string of the molecule is CN(CCOc1cccc(Cl)c1)C(=O)c1ccc2ncsc2c1. The summed E-state index contributed by atoms with van der Waals surface area (Å²) < 4.78 is 6.63. The van der Waals surface area contributed by atoms with Crippen molar-refractivity contribution in [1.29, 1.82) is 0 Å². The topological polar surface area (TPSA) is 42.4 Å². The van der Waals surface area contributed by atoms with Crippen molar-refractivity contribution < 1.29 is 9.53 Å². The third-order valence-electron chi connectivity index (χ3n) is 3.42. The molecule has 0 saturated heterocycles. The van der Waals surface area contributed by atoms with Crippen molar-refractivity contribution in [2.75, 3.05) is 20.2 Å². The molecule has 0 aliphatic rings. The summed E-state index contributed by atoms with van der Waals surface area (Å²) in [7, 11) is 1.76. The van der Waals surface area contributed by atoms with E-state index in [4.69, 9.17) is 16.3 Å². The molecule has 0 saturated carbocycles. The molecular formula is C17H15ClN2O2S. The summed E-state index contributed by atoms with van der Waals surface area (Å²) >= 11 is 7.43. The van der Waals surface area contributed by atoms with E-state index < -0.39 is 0 Å². The lowest BCUT2D eigenvalue weighted by molar-refractivity contribution is 0.0774. The van der Waals surface area contributed by atoms with E-state index in [9.17, 15) is 4.79 Å². The van der Waals surface area contributed by atoms with E-state index in [1.165, 1.54) is 11.3 Å². The van der Waals surface area contributed by atoms with Gasteiger partial charge in [-0.15, -0.1) is 11.3 Å². The molecule has 6 heteroatoms. The van der Waals surface area contributed by atoms with Crippen LogP contribution >= 0.6 is 22.9 Å². The van der Waals surface area contributed by atoms with Crippen LogP contribution in [-0.2, 0) is 0 Å². The fourth-order valence-corrected chi connectivity index (χ4v) is 3.06. The number of amides is 1. The van der Waals surface area contributed by atoms with Crippen LogP contribution in [-0.4, -0.2) is 36.0 Å². The molecule has 0 spiro atoms. The third-order valence-corrected chi connectivity index (χ3v) is 4.44. The average Bonchev–Trinajstić information content (AvgIpc) is 3.01. The fourth-order valence-electron chi connectivity index (χ4n) is 2.17. The van der Waals surface area contributed by atoms with Gasteiger partial charge >= 0.3 is 0 Å². The van der Waals surface area contributed by atoms with Crippen LogP contribution in [0.5, 0.6) is 5.75 Å². The number of nitrogens with zero attached hydrogens (tertiary/aromatic N) is 2. The van der Waals surface area contributed by atoms with Gasteiger partial charge in [-0.3, -0.25) is 4.79 Å². The lowest BCUT2D eigenvalue weighted by Crippen LogP contribution is -2.30. The molecule has 4 nitrogen and oxygen atoms in total. The maximum Gasteiger partial charge on any atom is 0.253 e. The van der Waals surface area contributed by atoms with Crippen molar-refractivity contribution in [3.63, 3.8) is 0 Å². The zero-order valence-corrected chi connectivity index (χ0v) is 14.1. The highest BCUT2D eigenvalue weighted by molar-refractivity contribution is 7.16. The van der Waals surface area contributed by atoms with Crippen LogP contribution in [0, 0.1) is 0 Å².